The third-order valence-corrected chi connectivity index (χ3v) is 4.57. The largest absolute Gasteiger partial charge is 0.450 e. The number of carbonyl (C=O) groups excluding carboxylic acids is 2. The van der Waals surface area contributed by atoms with E-state index in [4.69, 9.17) is 4.74 Å². The Morgan fingerprint density at radius 2 is 2.12 bits per heavy atom. The maximum absolute atomic E-state index is 12.5. The molecule has 0 spiro atoms. The number of aryl methyl sites for hydroxylation is 1. The highest BCUT2D eigenvalue weighted by Gasteiger charge is 2.25. The van der Waals surface area contributed by atoms with Crippen molar-refractivity contribution in [3.63, 3.8) is 0 Å². The van der Waals surface area contributed by atoms with Crippen molar-refractivity contribution in [2.75, 3.05) is 19.7 Å². The number of rotatable bonds is 3. The number of hydrogen-bond acceptors (Lipinski definition) is 5. The van der Waals surface area contributed by atoms with Gasteiger partial charge in [0.2, 0.25) is 0 Å². The molecule has 8 nitrogen and oxygen atoms in total. The third kappa shape index (κ3) is 3.68. The van der Waals surface area contributed by atoms with Gasteiger partial charge in [0.15, 0.2) is 0 Å². The maximum Gasteiger partial charge on any atom is 0.409 e. The van der Waals surface area contributed by atoms with Crippen molar-refractivity contribution in [3.05, 3.63) is 39.9 Å². The first-order valence-electron chi connectivity index (χ1n) is 8.70. The van der Waals surface area contributed by atoms with Gasteiger partial charge in [-0.05, 0) is 38.8 Å². The van der Waals surface area contributed by atoms with E-state index in [0.29, 0.717) is 38.1 Å². The Hall–Kier alpha value is -2.90. The quantitative estimate of drug-likeness (QED) is 0.867. The standard InChI is InChI=1S/C18H22N4O4/c1-3-26-18(25)22-8-5-12(6-9-22)20-16(23)14-10-13-11(2)19-7-4-15(13)21-17(14)24/h4,7,10,12H,3,5-6,8-9H2,1-2H3,(H,20,23)(H,21,24). The molecular formula is C18H22N4O4. The van der Waals surface area contributed by atoms with Crippen LogP contribution < -0.4 is 10.9 Å². The molecule has 2 aromatic heterocycles. The fraction of sp³-hybridized carbons (Fsp3) is 0.444. The van der Waals surface area contributed by atoms with Crippen molar-refractivity contribution in [2.24, 2.45) is 0 Å². The number of pyridine rings is 2. The van der Waals surface area contributed by atoms with Gasteiger partial charge < -0.3 is 19.9 Å². The number of hydrogen-bond donors (Lipinski definition) is 2. The van der Waals surface area contributed by atoms with E-state index >= 15 is 0 Å². The van der Waals surface area contributed by atoms with Gasteiger partial charge in [0, 0.05) is 36.4 Å². The zero-order chi connectivity index (χ0) is 18.7. The minimum absolute atomic E-state index is 0.0708. The predicted octanol–water partition coefficient (Wildman–Crippen LogP) is 1.58. The van der Waals surface area contributed by atoms with Crippen LogP contribution in [0.25, 0.3) is 10.9 Å². The zero-order valence-electron chi connectivity index (χ0n) is 14.9. The second-order valence-corrected chi connectivity index (χ2v) is 6.30. The molecule has 0 bridgehead atoms. The van der Waals surface area contributed by atoms with Crippen LogP contribution in [0.5, 0.6) is 0 Å². The Labute approximate surface area is 150 Å². The van der Waals surface area contributed by atoms with Crippen LogP contribution in [-0.4, -0.2) is 52.6 Å². The van der Waals surface area contributed by atoms with E-state index in [1.807, 2.05) is 6.92 Å². The molecule has 0 aromatic carbocycles. The number of carbonyl (C=O) groups is 2. The van der Waals surface area contributed by atoms with Gasteiger partial charge in [-0.1, -0.05) is 0 Å². The highest BCUT2D eigenvalue weighted by Crippen LogP contribution is 2.15. The molecule has 2 aromatic rings. The minimum Gasteiger partial charge on any atom is -0.450 e. The minimum atomic E-state index is -0.426. The van der Waals surface area contributed by atoms with E-state index < -0.39 is 11.5 Å². The average Bonchev–Trinajstić information content (AvgIpc) is 2.62. The molecule has 1 aliphatic rings. The van der Waals surface area contributed by atoms with Crippen LogP contribution in [0.3, 0.4) is 0 Å². The molecule has 0 atom stereocenters. The zero-order valence-corrected chi connectivity index (χ0v) is 14.9. The molecule has 2 N–H and O–H groups in total. The van der Waals surface area contributed by atoms with Crippen LogP contribution >= 0.6 is 0 Å². The Balaban J connectivity index is 1.69. The topological polar surface area (TPSA) is 104 Å². The van der Waals surface area contributed by atoms with Gasteiger partial charge in [-0.2, -0.15) is 0 Å². The first-order valence-corrected chi connectivity index (χ1v) is 8.70. The van der Waals surface area contributed by atoms with Crippen molar-refractivity contribution in [1.82, 2.24) is 20.2 Å². The van der Waals surface area contributed by atoms with E-state index in [0.717, 1.165) is 11.1 Å². The molecule has 3 heterocycles. The van der Waals surface area contributed by atoms with Gasteiger partial charge in [0.1, 0.15) is 5.56 Å². The Morgan fingerprint density at radius 3 is 2.81 bits per heavy atom. The molecule has 138 valence electrons. The lowest BCUT2D eigenvalue weighted by atomic mass is 10.0. The van der Waals surface area contributed by atoms with Crippen LogP contribution in [0.2, 0.25) is 0 Å². The fourth-order valence-electron chi connectivity index (χ4n) is 3.12. The summed E-state index contributed by atoms with van der Waals surface area (Å²) in [6.45, 7) is 4.97. The number of nitrogens with zero attached hydrogens (tertiary/aromatic N) is 2. The van der Waals surface area contributed by atoms with E-state index in [2.05, 4.69) is 15.3 Å². The average molecular weight is 358 g/mol. The van der Waals surface area contributed by atoms with Gasteiger partial charge >= 0.3 is 6.09 Å². The second-order valence-electron chi connectivity index (χ2n) is 6.30. The first-order chi connectivity index (χ1) is 12.5. The number of H-pyrrole nitrogens is 1. The number of likely N-dealkylation sites (tertiary alicyclic amines) is 1. The van der Waals surface area contributed by atoms with Crippen LogP contribution in [0.4, 0.5) is 4.79 Å². The number of fused-ring (bicyclic) bond motifs is 1. The monoisotopic (exact) mass is 358 g/mol. The Bertz CT molecular complexity index is 884. The van der Waals surface area contributed by atoms with Gasteiger partial charge in [-0.25, -0.2) is 4.79 Å². The predicted molar refractivity (Wildman–Crippen MR) is 96.2 cm³/mol. The van der Waals surface area contributed by atoms with Crippen LogP contribution in [0, 0.1) is 6.92 Å². The number of amides is 2. The molecule has 1 aliphatic heterocycles. The van der Waals surface area contributed by atoms with Gasteiger partial charge in [-0.3, -0.25) is 14.6 Å². The van der Waals surface area contributed by atoms with Crippen molar-refractivity contribution >= 4 is 22.9 Å². The normalized spacial score (nSPS) is 15.1. The first kappa shape index (κ1) is 17.9. The van der Waals surface area contributed by atoms with E-state index in [-0.39, 0.29) is 17.7 Å². The maximum atomic E-state index is 12.5. The molecule has 0 aliphatic carbocycles. The number of aromatic amines is 1. The van der Waals surface area contributed by atoms with Crippen molar-refractivity contribution in [2.45, 2.75) is 32.7 Å². The van der Waals surface area contributed by atoms with Gasteiger partial charge in [0.05, 0.1) is 12.1 Å². The SMILES string of the molecule is CCOC(=O)N1CCC(NC(=O)c2cc3c(C)nccc3[nH]c2=O)CC1. The van der Waals surface area contributed by atoms with Crippen molar-refractivity contribution in [1.29, 1.82) is 0 Å². The van der Waals surface area contributed by atoms with E-state index in [1.165, 1.54) is 0 Å². The lowest BCUT2D eigenvalue weighted by molar-refractivity contribution is 0.0859. The van der Waals surface area contributed by atoms with Crippen molar-refractivity contribution < 1.29 is 14.3 Å². The molecule has 3 rings (SSSR count). The lowest BCUT2D eigenvalue weighted by Gasteiger charge is -2.31. The lowest BCUT2D eigenvalue weighted by Crippen LogP contribution is -2.47. The molecule has 8 heteroatoms. The number of nitrogens with one attached hydrogen (secondary N) is 2. The molecule has 1 fully saturated rings. The number of piperidine rings is 1. The highest BCUT2D eigenvalue weighted by molar-refractivity contribution is 5.97. The van der Waals surface area contributed by atoms with Gasteiger partial charge in [-0.15, -0.1) is 0 Å². The molecule has 2 amide bonds. The summed E-state index contributed by atoms with van der Waals surface area (Å²) in [6, 6.07) is 3.20. The Morgan fingerprint density at radius 1 is 1.38 bits per heavy atom. The summed E-state index contributed by atoms with van der Waals surface area (Å²) in [6.07, 6.45) is 2.53. The summed E-state index contributed by atoms with van der Waals surface area (Å²) in [5.41, 5.74) is 1.04. The molecule has 0 saturated carbocycles. The Kier molecular flexibility index (Phi) is 5.20. The van der Waals surface area contributed by atoms with Crippen LogP contribution in [-0.2, 0) is 4.74 Å². The fourth-order valence-corrected chi connectivity index (χ4v) is 3.12. The molecule has 0 radical (unpaired) electrons. The van der Waals surface area contributed by atoms with Crippen LogP contribution in [0.1, 0.15) is 35.8 Å². The van der Waals surface area contributed by atoms with E-state index in [9.17, 15) is 14.4 Å². The van der Waals surface area contributed by atoms with E-state index in [1.54, 1.807) is 30.2 Å². The molecule has 26 heavy (non-hydrogen) atoms. The van der Waals surface area contributed by atoms with Crippen LogP contribution in [0.15, 0.2) is 23.1 Å². The smallest absolute Gasteiger partial charge is 0.409 e. The summed E-state index contributed by atoms with van der Waals surface area (Å²) in [5.74, 6) is -0.411. The molecule has 0 unspecified atom stereocenters. The summed E-state index contributed by atoms with van der Waals surface area (Å²) in [4.78, 5) is 45.0. The number of aromatic nitrogens is 2. The highest BCUT2D eigenvalue weighted by atomic mass is 16.6. The van der Waals surface area contributed by atoms with Crippen molar-refractivity contribution in [3.8, 4) is 0 Å². The molecular weight excluding hydrogens is 336 g/mol. The summed E-state index contributed by atoms with van der Waals surface area (Å²) < 4.78 is 4.98. The number of ether oxygens (including phenoxy) is 1. The van der Waals surface area contributed by atoms with Gasteiger partial charge in [0.25, 0.3) is 11.5 Å². The third-order valence-electron chi connectivity index (χ3n) is 4.57. The second kappa shape index (κ2) is 7.55. The summed E-state index contributed by atoms with van der Waals surface area (Å²) in [5, 5.41) is 3.64. The summed E-state index contributed by atoms with van der Waals surface area (Å²) in [7, 11) is 0. The molecule has 1 saturated heterocycles. The summed E-state index contributed by atoms with van der Waals surface area (Å²) >= 11 is 0.